The van der Waals surface area contributed by atoms with E-state index < -0.39 is 72.6 Å². The Morgan fingerprint density at radius 1 is 1.09 bits per heavy atom. The molecule has 1 spiro atoms. The number of imide groups is 1. The van der Waals surface area contributed by atoms with E-state index >= 15 is 0 Å². The third-order valence-corrected chi connectivity index (χ3v) is 7.49. The van der Waals surface area contributed by atoms with Gasteiger partial charge in [-0.25, -0.2) is 9.18 Å². The van der Waals surface area contributed by atoms with Gasteiger partial charge in [-0.15, -0.1) is 0 Å². The summed E-state index contributed by atoms with van der Waals surface area (Å²) in [5, 5.41) is 6.51. The van der Waals surface area contributed by atoms with Gasteiger partial charge in [0.1, 0.15) is 24.9 Å². The number of hydrogen-bond donors (Lipinski definition) is 2. The van der Waals surface area contributed by atoms with Crippen molar-refractivity contribution in [3.05, 3.63) is 77.4 Å². The number of halogens is 4. The molecule has 43 heavy (non-hydrogen) atoms. The van der Waals surface area contributed by atoms with Crippen LogP contribution >= 0.6 is 0 Å². The number of hydrogen-bond acceptors (Lipinski definition) is 6. The number of carbonyl (C=O) groups excluding carboxylic acids is 5. The van der Waals surface area contributed by atoms with E-state index in [2.05, 4.69) is 10.4 Å². The van der Waals surface area contributed by atoms with Crippen LogP contribution in [0.1, 0.15) is 34.8 Å². The minimum atomic E-state index is -4.83. The summed E-state index contributed by atoms with van der Waals surface area (Å²) in [5.41, 5.74) is 4.93. The van der Waals surface area contributed by atoms with Gasteiger partial charge in [0.05, 0.1) is 6.20 Å². The summed E-state index contributed by atoms with van der Waals surface area (Å²) in [7, 11) is 0. The molecule has 1 aliphatic heterocycles. The number of benzene rings is 2. The average Bonchev–Trinajstić information content (AvgIpc) is 3.58. The van der Waals surface area contributed by atoms with Crippen LogP contribution in [-0.2, 0) is 33.0 Å². The minimum absolute atomic E-state index is 0.130. The first-order valence-electron chi connectivity index (χ1n) is 12.9. The van der Waals surface area contributed by atoms with Gasteiger partial charge in [0.15, 0.2) is 11.3 Å². The standard InChI is InChI=1S/C28H24F4N6O5/c1-15(28(30,31)32)37(11-16-2-5-19(29)6-3-16)24(41)14-38-25(42)27(35-26(38)43)9-22(39)20-8-17(4-7-21(20)27)18-10-34-36(12-18)13-23(33)40/h2-8,10,12,15H,9,11,13-14H2,1H3,(H2,33,40)(H,35,43)/t15-,27?/m0/s1. The van der Waals surface area contributed by atoms with Gasteiger partial charge < -0.3 is 16.0 Å². The highest BCUT2D eigenvalue weighted by Gasteiger charge is 2.58. The molecule has 224 valence electrons. The number of rotatable bonds is 8. The molecule has 1 aliphatic carbocycles. The third kappa shape index (κ3) is 5.45. The monoisotopic (exact) mass is 600 g/mol. The number of aromatic nitrogens is 2. The largest absolute Gasteiger partial charge is 0.408 e. The number of nitrogens with zero attached hydrogens (tertiary/aromatic N) is 4. The maximum atomic E-state index is 13.7. The maximum absolute atomic E-state index is 13.7. The van der Waals surface area contributed by atoms with Crippen molar-refractivity contribution in [2.75, 3.05) is 6.54 Å². The van der Waals surface area contributed by atoms with E-state index in [0.29, 0.717) is 20.9 Å². The molecule has 2 atom stereocenters. The lowest BCUT2D eigenvalue weighted by Crippen LogP contribution is -2.51. The maximum Gasteiger partial charge on any atom is 0.408 e. The zero-order chi connectivity index (χ0) is 31.3. The fourth-order valence-electron chi connectivity index (χ4n) is 5.22. The molecule has 11 nitrogen and oxygen atoms in total. The highest BCUT2D eigenvalue weighted by molar-refractivity contribution is 6.17. The predicted octanol–water partition coefficient (Wildman–Crippen LogP) is 2.49. The Morgan fingerprint density at radius 2 is 1.79 bits per heavy atom. The van der Waals surface area contributed by atoms with Crippen LogP contribution in [0.2, 0.25) is 0 Å². The molecule has 3 N–H and O–H groups in total. The molecule has 2 aromatic carbocycles. The van der Waals surface area contributed by atoms with Gasteiger partial charge in [-0.1, -0.05) is 24.3 Å². The van der Waals surface area contributed by atoms with Crippen LogP contribution in [0.15, 0.2) is 54.9 Å². The molecule has 3 aromatic rings. The molecular weight excluding hydrogens is 576 g/mol. The third-order valence-electron chi connectivity index (χ3n) is 7.49. The van der Waals surface area contributed by atoms with Crippen molar-refractivity contribution in [3.63, 3.8) is 0 Å². The quantitative estimate of drug-likeness (QED) is 0.300. The molecule has 0 saturated carbocycles. The summed E-state index contributed by atoms with van der Waals surface area (Å²) >= 11 is 0. The number of fused-ring (bicyclic) bond motifs is 2. The molecule has 1 saturated heterocycles. The number of Topliss-reactive ketones (excluding diaryl/α,β-unsaturated/α-hetero) is 1. The molecule has 1 aromatic heterocycles. The molecule has 0 bridgehead atoms. The highest BCUT2D eigenvalue weighted by atomic mass is 19.4. The number of amides is 5. The second-order valence-electron chi connectivity index (χ2n) is 10.3. The molecule has 5 amide bonds. The lowest BCUT2D eigenvalue weighted by molar-refractivity contribution is -0.187. The lowest BCUT2D eigenvalue weighted by atomic mass is 9.90. The van der Waals surface area contributed by atoms with Crippen LogP contribution in [-0.4, -0.2) is 67.9 Å². The van der Waals surface area contributed by atoms with Gasteiger partial charge in [0.25, 0.3) is 5.91 Å². The lowest BCUT2D eigenvalue weighted by Gasteiger charge is -2.32. The van der Waals surface area contributed by atoms with Gasteiger partial charge in [0, 0.05) is 30.3 Å². The normalized spacial score (nSPS) is 18.6. The molecule has 1 unspecified atom stereocenters. The average molecular weight is 601 g/mol. The zero-order valence-corrected chi connectivity index (χ0v) is 22.5. The minimum Gasteiger partial charge on any atom is -0.368 e. The van der Waals surface area contributed by atoms with Crippen LogP contribution in [0.5, 0.6) is 0 Å². The van der Waals surface area contributed by atoms with Crippen molar-refractivity contribution in [3.8, 4) is 11.1 Å². The summed E-state index contributed by atoms with van der Waals surface area (Å²) in [6.45, 7) is -0.982. The molecule has 15 heteroatoms. The van der Waals surface area contributed by atoms with E-state index in [1.165, 1.54) is 41.3 Å². The van der Waals surface area contributed by atoms with Gasteiger partial charge in [0.2, 0.25) is 11.8 Å². The highest BCUT2D eigenvalue weighted by Crippen LogP contribution is 2.43. The van der Waals surface area contributed by atoms with Crippen molar-refractivity contribution >= 4 is 29.5 Å². The Bertz CT molecular complexity index is 1650. The molecule has 2 heterocycles. The smallest absolute Gasteiger partial charge is 0.368 e. The van der Waals surface area contributed by atoms with Crippen molar-refractivity contribution in [2.45, 2.75) is 44.2 Å². The van der Waals surface area contributed by atoms with Crippen molar-refractivity contribution in [1.82, 2.24) is 24.9 Å². The van der Waals surface area contributed by atoms with Crippen LogP contribution in [0.4, 0.5) is 22.4 Å². The van der Waals surface area contributed by atoms with Crippen LogP contribution in [0.3, 0.4) is 0 Å². The Labute approximate surface area is 241 Å². The van der Waals surface area contributed by atoms with Crippen molar-refractivity contribution in [2.24, 2.45) is 5.73 Å². The Hall–Kier alpha value is -5.08. The van der Waals surface area contributed by atoms with Gasteiger partial charge in [-0.05, 0) is 41.8 Å². The number of alkyl halides is 3. The first-order valence-corrected chi connectivity index (χ1v) is 12.9. The fourth-order valence-corrected chi connectivity index (χ4v) is 5.22. The van der Waals surface area contributed by atoms with Crippen LogP contribution in [0, 0.1) is 5.82 Å². The van der Waals surface area contributed by atoms with E-state index in [9.17, 15) is 41.5 Å². The van der Waals surface area contributed by atoms with Crippen LogP contribution < -0.4 is 11.1 Å². The Morgan fingerprint density at radius 3 is 2.44 bits per heavy atom. The first kappa shape index (κ1) is 29.4. The number of carbonyl (C=O) groups is 5. The number of nitrogens with one attached hydrogen (secondary N) is 1. The number of nitrogens with two attached hydrogens (primary N) is 1. The Balaban J connectivity index is 1.40. The molecule has 5 rings (SSSR count). The predicted molar refractivity (Wildman–Crippen MR) is 140 cm³/mol. The number of primary amides is 1. The van der Waals surface area contributed by atoms with E-state index in [-0.39, 0.29) is 23.2 Å². The summed E-state index contributed by atoms with van der Waals surface area (Å²) < 4.78 is 55.7. The summed E-state index contributed by atoms with van der Waals surface area (Å²) in [4.78, 5) is 65.0. The summed E-state index contributed by atoms with van der Waals surface area (Å²) in [6.07, 6.45) is -2.30. The summed E-state index contributed by atoms with van der Waals surface area (Å²) in [6, 6.07) is 5.72. The molecule has 0 radical (unpaired) electrons. The fraction of sp³-hybridized carbons (Fsp3) is 0.286. The first-order chi connectivity index (χ1) is 20.2. The van der Waals surface area contributed by atoms with E-state index in [1.807, 2.05) is 0 Å². The molecule has 1 fully saturated rings. The van der Waals surface area contributed by atoms with Crippen molar-refractivity contribution < 1.29 is 41.5 Å². The van der Waals surface area contributed by atoms with Gasteiger partial charge in [-0.3, -0.25) is 28.8 Å². The molecule has 2 aliphatic rings. The summed E-state index contributed by atoms with van der Waals surface area (Å²) in [5.74, 6) is -3.84. The van der Waals surface area contributed by atoms with E-state index in [0.717, 1.165) is 19.1 Å². The number of ketones is 1. The van der Waals surface area contributed by atoms with Crippen molar-refractivity contribution in [1.29, 1.82) is 0 Å². The van der Waals surface area contributed by atoms with Crippen LogP contribution in [0.25, 0.3) is 11.1 Å². The second-order valence-corrected chi connectivity index (χ2v) is 10.3. The van der Waals surface area contributed by atoms with Gasteiger partial charge >= 0.3 is 12.2 Å². The topological polar surface area (TPSA) is 148 Å². The van der Waals surface area contributed by atoms with Gasteiger partial charge in [-0.2, -0.15) is 18.3 Å². The second kappa shape index (κ2) is 10.6. The van der Waals surface area contributed by atoms with E-state index in [4.69, 9.17) is 5.73 Å². The Kier molecular flexibility index (Phi) is 7.28. The SMILES string of the molecule is C[C@H](N(Cc1ccc(F)cc1)C(=O)CN1C(=O)NC2(CC(=O)c3cc(-c4cnn(CC(N)=O)c4)ccc32)C1=O)C(F)(F)F. The molecular formula is C28H24F4N6O5. The van der Waals surface area contributed by atoms with E-state index in [1.54, 1.807) is 6.07 Å². The number of urea groups is 1. The zero-order valence-electron chi connectivity index (χ0n) is 22.5.